The van der Waals surface area contributed by atoms with E-state index >= 15 is 0 Å². The summed E-state index contributed by atoms with van der Waals surface area (Å²) in [5.41, 5.74) is 0.905. The lowest BCUT2D eigenvalue weighted by molar-refractivity contribution is -0.184. The summed E-state index contributed by atoms with van der Waals surface area (Å²) in [7, 11) is 0. The van der Waals surface area contributed by atoms with E-state index in [0.29, 0.717) is 64.3 Å². The number of hydrogen-bond acceptors (Lipinski definition) is 6. The van der Waals surface area contributed by atoms with Gasteiger partial charge in [-0.25, -0.2) is 0 Å². The Bertz CT molecular complexity index is 708. The molecule has 9 heteroatoms. The van der Waals surface area contributed by atoms with Crippen LogP contribution < -0.4 is 9.64 Å². The van der Waals surface area contributed by atoms with E-state index in [-0.39, 0.29) is 30.8 Å². The van der Waals surface area contributed by atoms with Gasteiger partial charge in [-0.1, -0.05) is 0 Å². The van der Waals surface area contributed by atoms with Crippen molar-refractivity contribution in [3.05, 3.63) is 18.5 Å². The highest BCUT2D eigenvalue weighted by molar-refractivity contribution is 5.69. The molecule has 174 valence electrons. The lowest BCUT2D eigenvalue weighted by Crippen LogP contribution is -2.42. The van der Waals surface area contributed by atoms with Gasteiger partial charge in [0.1, 0.15) is 5.75 Å². The SMILES string of the molecule is CCOC(=O)CC[C@H]1CN(c2cncc(OCC3CCC(C(F)(F)F)CC3)c2)CCO1. The van der Waals surface area contributed by atoms with E-state index in [1.165, 1.54) is 0 Å². The number of morpholine rings is 1. The number of anilines is 1. The third-order valence-electron chi connectivity index (χ3n) is 5.97. The molecule has 31 heavy (non-hydrogen) atoms. The average Bonchev–Trinajstić information content (AvgIpc) is 2.77. The maximum Gasteiger partial charge on any atom is 0.391 e. The number of nitrogens with zero attached hydrogens (tertiary/aromatic N) is 2. The first-order valence-corrected chi connectivity index (χ1v) is 11.0. The van der Waals surface area contributed by atoms with Crippen molar-refractivity contribution in [3.63, 3.8) is 0 Å². The number of halogens is 3. The summed E-state index contributed by atoms with van der Waals surface area (Å²) in [5, 5.41) is 0. The molecule has 6 nitrogen and oxygen atoms in total. The highest BCUT2D eigenvalue weighted by atomic mass is 19.4. The van der Waals surface area contributed by atoms with Gasteiger partial charge in [-0.05, 0) is 44.9 Å². The molecule has 0 aromatic carbocycles. The van der Waals surface area contributed by atoms with Crippen LogP contribution >= 0.6 is 0 Å². The minimum Gasteiger partial charge on any atom is -0.492 e. The molecule has 3 rings (SSSR count). The summed E-state index contributed by atoms with van der Waals surface area (Å²) < 4.78 is 55.0. The number of carbonyl (C=O) groups is 1. The van der Waals surface area contributed by atoms with Crippen molar-refractivity contribution in [1.29, 1.82) is 0 Å². The first-order valence-electron chi connectivity index (χ1n) is 11.0. The van der Waals surface area contributed by atoms with E-state index in [9.17, 15) is 18.0 Å². The summed E-state index contributed by atoms with van der Waals surface area (Å²) in [5.74, 6) is -0.640. The Kier molecular flexibility index (Phi) is 8.40. The number of aromatic nitrogens is 1. The van der Waals surface area contributed by atoms with E-state index in [1.807, 2.05) is 6.07 Å². The Balaban J connectivity index is 1.47. The Morgan fingerprint density at radius 2 is 2.03 bits per heavy atom. The van der Waals surface area contributed by atoms with Crippen molar-refractivity contribution in [2.75, 3.05) is 37.8 Å². The third-order valence-corrected chi connectivity index (χ3v) is 5.97. The van der Waals surface area contributed by atoms with E-state index < -0.39 is 12.1 Å². The van der Waals surface area contributed by atoms with E-state index in [4.69, 9.17) is 14.2 Å². The van der Waals surface area contributed by atoms with Crippen LogP contribution in [0.4, 0.5) is 18.9 Å². The molecule has 1 aromatic heterocycles. The zero-order valence-electron chi connectivity index (χ0n) is 17.9. The standard InChI is InChI=1S/C22H31F3N2O4/c1-2-29-21(28)8-7-19-14-27(9-10-30-19)18-11-20(13-26-12-18)31-15-16-3-5-17(6-4-16)22(23,24)25/h11-13,16-17,19H,2-10,14-15H2,1H3/t16?,17?,19-/m0/s1. The molecule has 1 aliphatic carbocycles. The van der Waals surface area contributed by atoms with Crippen molar-refractivity contribution in [2.45, 2.75) is 57.7 Å². The molecule has 0 N–H and O–H groups in total. The van der Waals surface area contributed by atoms with Gasteiger partial charge in [0.05, 0.1) is 49.9 Å². The largest absolute Gasteiger partial charge is 0.492 e. The Morgan fingerprint density at radius 3 is 2.74 bits per heavy atom. The number of alkyl halides is 3. The van der Waals surface area contributed by atoms with Gasteiger partial charge >= 0.3 is 12.1 Å². The molecule has 2 heterocycles. The van der Waals surface area contributed by atoms with Crippen molar-refractivity contribution in [2.24, 2.45) is 11.8 Å². The molecule has 0 bridgehead atoms. The zero-order valence-corrected chi connectivity index (χ0v) is 17.9. The highest BCUT2D eigenvalue weighted by Crippen LogP contribution is 2.39. The molecule has 0 spiro atoms. The van der Waals surface area contributed by atoms with Crippen LogP contribution in [0, 0.1) is 11.8 Å². The predicted octanol–water partition coefficient (Wildman–Crippen LogP) is 4.38. The van der Waals surface area contributed by atoms with Gasteiger partial charge in [-0.15, -0.1) is 0 Å². The summed E-state index contributed by atoms with van der Waals surface area (Å²) in [6.07, 6.45) is 1.57. The van der Waals surface area contributed by atoms with Crippen LogP contribution in [0.2, 0.25) is 0 Å². The van der Waals surface area contributed by atoms with Crippen molar-refractivity contribution >= 4 is 11.7 Å². The van der Waals surface area contributed by atoms with Crippen LogP contribution in [0.25, 0.3) is 0 Å². The Labute approximate surface area is 181 Å². The molecule has 1 aliphatic heterocycles. The monoisotopic (exact) mass is 444 g/mol. The lowest BCUT2D eigenvalue weighted by atomic mass is 9.82. The molecule has 0 amide bonds. The van der Waals surface area contributed by atoms with Gasteiger partial charge in [-0.2, -0.15) is 13.2 Å². The summed E-state index contributed by atoms with van der Waals surface area (Å²) in [6, 6.07) is 1.90. The van der Waals surface area contributed by atoms with Crippen molar-refractivity contribution < 1.29 is 32.2 Å². The fourth-order valence-electron chi connectivity index (χ4n) is 4.17. The second kappa shape index (κ2) is 11.0. The van der Waals surface area contributed by atoms with Crippen LogP contribution in [0.5, 0.6) is 5.75 Å². The normalized spacial score (nSPS) is 24.6. The molecule has 0 unspecified atom stereocenters. The van der Waals surface area contributed by atoms with Gasteiger partial charge < -0.3 is 19.1 Å². The van der Waals surface area contributed by atoms with Gasteiger partial charge in [0.15, 0.2) is 0 Å². The minimum atomic E-state index is -4.09. The van der Waals surface area contributed by atoms with E-state index in [2.05, 4.69) is 9.88 Å². The van der Waals surface area contributed by atoms with Gasteiger partial charge in [-0.3, -0.25) is 9.78 Å². The van der Waals surface area contributed by atoms with Crippen LogP contribution in [0.1, 0.15) is 45.4 Å². The number of pyridine rings is 1. The first-order chi connectivity index (χ1) is 14.8. The minimum absolute atomic E-state index is 0.0634. The second-order valence-electron chi connectivity index (χ2n) is 8.23. The molecule has 1 saturated carbocycles. The maximum atomic E-state index is 12.8. The smallest absolute Gasteiger partial charge is 0.391 e. The molecule has 2 fully saturated rings. The zero-order chi connectivity index (χ0) is 22.3. The Hall–Kier alpha value is -2.03. The molecule has 1 atom stereocenters. The van der Waals surface area contributed by atoms with Gasteiger partial charge in [0.2, 0.25) is 0 Å². The molecular weight excluding hydrogens is 413 g/mol. The number of esters is 1. The van der Waals surface area contributed by atoms with Crippen LogP contribution in [0.3, 0.4) is 0 Å². The van der Waals surface area contributed by atoms with Crippen LogP contribution in [-0.2, 0) is 14.3 Å². The van der Waals surface area contributed by atoms with Gasteiger partial charge in [0, 0.05) is 25.6 Å². The fourth-order valence-corrected chi connectivity index (χ4v) is 4.17. The number of hydrogen-bond donors (Lipinski definition) is 0. The lowest BCUT2D eigenvalue weighted by Gasteiger charge is -2.34. The van der Waals surface area contributed by atoms with Gasteiger partial charge in [0.25, 0.3) is 0 Å². The van der Waals surface area contributed by atoms with Crippen molar-refractivity contribution in [1.82, 2.24) is 4.98 Å². The number of carbonyl (C=O) groups excluding carboxylic acids is 1. The summed E-state index contributed by atoms with van der Waals surface area (Å²) >= 11 is 0. The fraction of sp³-hybridized carbons (Fsp3) is 0.727. The maximum absolute atomic E-state index is 12.8. The second-order valence-corrected chi connectivity index (χ2v) is 8.23. The molecule has 1 saturated heterocycles. The van der Waals surface area contributed by atoms with Crippen LogP contribution in [-0.4, -0.2) is 56.1 Å². The molecule has 1 aromatic rings. The topological polar surface area (TPSA) is 60.9 Å². The van der Waals surface area contributed by atoms with Crippen molar-refractivity contribution in [3.8, 4) is 5.75 Å². The first kappa shape index (κ1) is 23.6. The average molecular weight is 444 g/mol. The highest BCUT2D eigenvalue weighted by Gasteiger charge is 2.41. The third kappa shape index (κ3) is 7.26. The van der Waals surface area contributed by atoms with E-state index in [0.717, 1.165) is 5.69 Å². The number of ether oxygens (including phenoxy) is 3. The summed E-state index contributed by atoms with van der Waals surface area (Å²) in [4.78, 5) is 18.0. The molecular formula is C22H31F3N2O4. The molecule has 0 radical (unpaired) electrons. The number of rotatable bonds is 8. The van der Waals surface area contributed by atoms with Crippen LogP contribution in [0.15, 0.2) is 18.5 Å². The predicted molar refractivity (Wildman–Crippen MR) is 109 cm³/mol. The Morgan fingerprint density at radius 1 is 1.26 bits per heavy atom. The quantitative estimate of drug-likeness (QED) is 0.555. The molecule has 2 aliphatic rings. The summed E-state index contributed by atoms with van der Waals surface area (Å²) in [6.45, 7) is 4.47. The van der Waals surface area contributed by atoms with E-state index in [1.54, 1.807) is 19.3 Å².